The van der Waals surface area contributed by atoms with E-state index in [1.807, 2.05) is 13.0 Å². The summed E-state index contributed by atoms with van der Waals surface area (Å²) in [7, 11) is 1.38. The Balaban J connectivity index is 2.12. The maximum absolute atomic E-state index is 13.7. The molecular formula is C27H30FN5O3. The molecule has 0 spiro atoms. The van der Waals surface area contributed by atoms with Crippen molar-refractivity contribution < 1.29 is 19.0 Å². The summed E-state index contributed by atoms with van der Waals surface area (Å²) in [4.78, 5) is 22.5. The van der Waals surface area contributed by atoms with Crippen molar-refractivity contribution in [2.75, 3.05) is 23.9 Å². The number of nitrogens with zero attached hydrogens (tertiary/aromatic N) is 3. The summed E-state index contributed by atoms with van der Waals surface area (Å²) >= 11 is 0. The zero-order valence-corrected chi connectivity index (χ0v) is 20.5. The molecule has 3 N–H and O–H groups in total. The average Bonchev–Trinajstić information content (AvgIpc) is 2.88. The van der Waals surface area contributed by atoms with Crippen LogP contribution in [0, 0.1) is 25.2 Å². The number of hydrogen-bond acceptors (Lipinski definition) is 7. The lowest BCUT2D eigenvalue weighted by Gasteiger charge is -2.17. The van der Waals surface area contributed by atoms with E-state index in [4.69, 9.17) is 11.2 Å². The minimum absolute atomic E-state index is 0.0212. The molecular weight excluding hydrogens is 461 g/mol. The molecule has 9 heteroatoms. The second-order valence-electron chi connectivity index (χ2n) is 7.46. The van der Waals surface area contributed by atoms with Gasteiger partial charge in [0.1, 0.15) is 0 Å². The van der Waals surface area contributed by atoms with E-state index in [1.165, 1.54) is 30.2 Å². The molecule has 1 heterocycles. The Morgan fingerprint density at radius 2 is 2.22 bits per heavy atom. The Hall–Kier alpha value is -4.42. The number of methoxy groups -OCH3 is 1. The highest BCUT2D eigenvalue weighted by Crippen LogP contribution is 2.25. The van der Waals surface area contributed by atoms with Gasteiger partial charge in [0.2, 0.25) is 11.9 Å². The molecule has 0 bridgehead atoms. The Morgan fingerprint density at radius 3 is 2.86 bits per heavy atom. The van der Waals surface area contributed by atoms with Crippen molar-refractivity contribution in [3.63, 3.8) is 0 Å². The van der Waals surface area contributed by atoms with Crippen LogP contribution in [-0.4, -0.2) is 40.7 Å². The summed E-state index contributed by atoms with van der Waals surface area (Å²) in [6, 6.07) is 6.22. The van der Waals surface area contributed by atoms with E-state index in [-0.39, 0.29) is 30.6 Å². The van der Waals surface area contributed by atoms with Gasteiger partial charge >= 0.3 is 0 Å². The SMILES string of the molecule is C#CN(/C=C\CC(=O)NC(CO)/C(C=C)=C/C=C\C)c1nc(Nc2ccc(F)c(OC)c2)ncc1C. The molecule has 0 radical (unpaired) electrons. The minimum Gasteiger partial charge on any atom is -0.494 e. The number of aliphatic hydroxyl groups excluding tert-OH is 1. The summed E-state index contributed by atoms with van der Waals surface area (Å²) < 4.78 is 18.7. The fraction of sp³-hybridized carbons (Fsp3) is 0.222. The summed E-state index contributed by atoms with van der Waals surface area (Å²) in [6.45, 7) is 7.12. The zero-order chi connectivity index (χ0) is 26.5. The Kier molecular flexibility index (Phi) is 10.9. The van der Waals surface area contributed by atoms with Crippen LogP contribution in [0.25, 0.3) is 0 Å². The number of terminal acetylenes is 1. The number of ether oxygens (including phenoxy) is 1. The van der Waals surface area contributed by atoms with Crippen LogP contribution in [0.3, 0.4) is 0 Å². The Labute approximate surface area is 210 Å². The number of rotatable bonds is 12. The monoisotopic (exact) mass is 491 g/mol. The standard InChI is InChI=1S/C27H30FN5O3/c1-6-9-11-20(7-2)23(18-34)31-25(35)12-10-15-33(8-3)26-19(4)17-29-27(32-26)30-21-13-14-22(28)24(16-21)36-5/h3,6-7,9-11,13-17,23,34H,2,12,18H2,1,4-5H3,(H,31,35)(H,29,30,32)/b9-6-,15-10-,20-11+. The highest BCUT2D eigenvalue weighted by atomic mass is 19.1. The molecule has 8 nitrogen and oxygen atoms in total. The number of nitrogens with one attached hydrogen (secondary N) is 2. The second-order valence-corrected chi connectivity index (χ2v) is 7.46. The van der Waals surface area contributed by atoms with Crippen molar-refractivity contribution >= 4 is 23.4 Å². The number of carbonyl (C=O) groups is 1. The maximum Gasteiger partial charge on any atom is 0.229 e. The molecule has 0 aliphatic heterocycles. The molecule has 2 rings (SSSR count). The average molecular weight is 492 g/mol. The van der Waals surface area contributed by atoms with E-state index in [9.17, 15) is 14.3 Å². The molecule has 1 aromatic heterocycles. The fourth-order valence-electron chi connectivity index (χ4n) is 3.07. The van der Waals surface area contributed by atoms with Crippen LogP contribution < -0.4 is 20.3 Å². The van der Waals surface area contributed by atoms with Gasteiger partial charge in [-0.15, -0.1) is 0 Å². The number of allylic oxidation sites excluding steroid dienone is 3. The van der Waals surface area contributed by atoms with Crippen molar-refractivity contribution in [2.45, 2.75) is 26.3 Å². The van der Waals surface area contributed by atoms with Crippen LogP contribution in [0.1, 0.15) is 18.9 Å². The maximum atomic E-state index is 13.7. The first-order valence-electron chi connectivity index (χ1n) is 11.1. The first-order valence-corrected chi connectivity index (χ1v) is 11.1. The number of aliphatic hydroxyl groups is 1. The molecule has 1 atom stereocenters. The number of anilines is 3. The van der Waals surface area contributed by atoms with E-state index in [0.717, 1.165) is 0 Å². The van der Waals surface area contributed by atoms with Gasteiger partial charge in [-0.3, -0.25) is 9.69 Å². The van der Waals surface area contributed by atoms with Gasteiger partial charge in [0, 0.05) is 42.2 Å². The van der Waals surface area contributed by atoms with Gasteiger partial charge in [-0.2, -0.15) is 4.98 Å². The van der Waals surface area contributed by atoms with Gasteiger partial charge in [0.15, 0.2) is 17.4 Å². The summed E-state index contributed by atoms with van der Waals surface area (Å²) in [5.41, 5.74) is 1.92. The molecule has 0 saturated carbocycles. The van der Waals surface area contributed by atoms with Crippen molar-refractivity contribution in [3.8, 4) is 18.2 Å². The lowest BCUT2D eigenvalue weighted by atomic mass is 10.1. The first kappa shape index (κ1) is 27.8. The lowest BCUT2D eigenvalue weighted by molar-refractivity contribution is -0.121. The third kappa shape index (κ3) is 7.82. The highest BCUT2D eigenvalue weighted by Gasteiger charge is 2.14. The van der Waals surface area contributed by atoms with Crippen molar-refractivity contribution in [1.82, 2.24) is 15.3 Å². The summed E-state index contributed by atoms with van der Waals surface area (Å²) in [6.07, 6.45) is 17.4. The number of aromatic nitrogens is 2. The predicted octanol–water partition coefficient (Wildman–Crippen LogP) is 4.14. The second kappa shape index (κ2) is 14.1. The number of aryl methyl sites for hydroxylation is 1. The third-order valence-electron chi connectivity index (χ3n) is 4.91. The van der Waals surface area contributed by atoms with Crippen LogP contribution in [-0.2, 0) is 4.79 Å². The van der Waals surface area contributed by atoms with Gasteiger partial charge in [0.25, 0.3) is 0 Å². The lowest BCUT2D eigenvalue weighted by Crippen LogP contribution is -2.38. The van der Waals surface area contributed by atoms with E-state index in [2.05, 4.69) is 33.2 Å². The zero-order valence-electron chi connectivity index (χ0n) is 20.5. The molecule has 1 aromatic carbocycles. The Morgan fingerprint density at radius 1 is 1.44 bits per heavy atom. The normalized spacial score (nSPS) is 12.3. The molecule has 0 fully saturated rings. The minimum atomic E-state index is -0.578. The van der Waals surface area contributed by atoms with Crippen LogP contribution >= 0.6 is 0 Å². The third-order valence-corrected chi connectivity index (χ3v) is 4.91. The topological polar surface area (TPSA) is 99.6 Å². The molecule has 0 saturated heterocycles. The Bertz CT molecular complexity index is 1200. The van der Waals surface area contributed by atoms with Crippen LogP contribution in [0.2, 0.25) is 0 Å². The highest BCUT2D eigenvalue weighted by molar-refractivity contribution is 5.78. The molecule has 0 aliphatic carbocycles. The molecule has 2 aromatic rings. The molecule has 1 unspecified atom stereocenters. The molecule has 1 amide bonds. The van der Waals surface area contributed by atoms with Crippen molar-refractivity contribution in [1.29, 1.82) is 0 Å². The van der Waals surface area contributed by atoms with E-state index in [1.54, 1.807) is 43.6 Å². The van der Waals surface area contributed by atoms with E-state index < -0.39 is 11.9 Å². The number of carbonyl (C=O) groups excluding carboxylic acids is 1. The fourth-order valence-corrected chi connectivity index (χ4v) is 3.07. The molecule has 0 aliphatic rings. The number of halogens is 1. The van der Waals surface area contributed by atoms with Gasteiger partial charge in [-0.25, -0.2) is 9.37 Å². The van der Waals surface area contributed by atoms with E-state index >= 15 is 0 Å². The quantitative estimate of drug-likeness (QED) is 0.233. The number of hydrogen-bond donors (Lipinski definition) is 3. The van der Waals surface area contributed by atoms with Crippen molar-refractivity contribution in [3.05, 3.63) is 84.5 Å². The van der Waals surface area contributed by atoms with Gasteiger partial charge in [-0.05, 0) is 31.6 Å². The largest absolute Gasteiger partial charge is 0.494 e. The summed E-state index contributed by atoms with van der Waals surface area (Å²) in [5.74, 6) is -0.0353. The number of amides is 1. The van der Waals surface area contributed by atoms with Crippen LogP contribution in [0.5, 0.6) is 5.75 Å². The van der Waals surface area contributed by atoms with Gasteiger partial charge in [-0.1, -0.05) is 43.4 Å². The number of benzene rings is 1. The smallest absolute Gasteiger partial charge is 0.229 e. The van der Waals surface area contributed by atoms with Crippen LogP contribution in [0.15, 0.2) is 73.1 Å². The predicted molar refractivity (Wildman–Crippen MR) is 140 cm³/mol. The molecule has 188 valence electrons. The van der Waals surface area contributed by atoms with Crippen LogP contribution in [0.4, 0.5) is 21.8 Å². The van der Waals surface area contributed by atoms with E-state index in [0.29, 0.717) is 22.6 Å². The van der Waals surface area contributed by atoms with Gasteiger partial charge < -0.3 is 20.5 Å². The summed E-state index contributed by atoms with van der Waals surface area (Å²) in [5, 5.41) is 15.4. The van der Waals surface area contributed by atoms with Crippen molar-refractivity contribution in [2.24, 2.45) is 0 Å². The first-order chi connectivity index (χ1) is 17.4. The molecule has 36 heavy (non-hydrogen) atoms. The van der Waals surface area contributed by atoms with Gasteiger partial charge in [0.05, 0.1) is 19.8 Å².